The van der Waals surface area contributed by atoms with E-state index in [1.54, 1.807) is 11.8 Å². The Morgan fingerprint density at radius 2 is 2.16 bits per heavy atom. The lowest BCUT2D eigenvalue weighted by Gasteiger charge is -2.07. The van der Waals surface area contributed by atoms with Crippen molar-refractivity contribution in [2.75, 3.05) is 18.6 Å². The number of hydrogen-bond acceptors (Lipinski definition) is 5. The molecule has 1 aromatic carbocycles. The van der Waals surface area contributed by atoms with Crippen molar-refractivity contribution in [3.63, 3.8) is 0 Å². The van der Waals surface area contributed by atoms with E-state index in [1.165, 1.54) is 0 Å². The maximum absolute atomic E-state index is 13.3. The van der Waals surface area contributed by atoms with E-state index in [1.807, 2.05) is 6.26 Å². The van der Waals surface area contributed by atoms with Crippen LogP contribution in [-0.4, -0.2) is 31.9 Å². The van der Waals surface area contributed by atoms with Gasteiger partial charge in [-0.25, -0.2) is 13.1 Å². The SMILES string of the molecule is CSCCCNS(=O)(=O)c1cccc(F)c1[N+](=O)[O-]. The van der Waals surface area contributed by atoms with Crippen molar-refractivity contribution < 1.29 is 17.7 Å². The lowest BCUT2D eigenvalue weighted by Crippen LogP contribution is -2.26. The van der Waals surface area contributed by atoms with Gasteiger partial charge in [-0.1, -0.05) is 6.07 Å². The fraction of sp³-hybridized carbons (Fsp3) is 0.400. The molecule has 0 aromatic heterocycles. The minimum absolute atomic E-state index is 0.150. The number of sulfonamides is 1. The predicted octanol–water partition coefficient (Wildman–Crippen LogP) is 1.77. The number of nitrogens with one attached hydrogen (secondary N) is 1. The maximum atomic E-state index is 13.3. The molecule has 0 spiro atoms. The molecule has 0 aliphatic heterocycles. The Balaban J connectivity index is 3.01. The molecule has 0 bridgehead atoms. The van der Waals surface area contributed by atoms with E-state index in [2.05, 4.69) is 4.72 Å². The van der Waals surface area contributed by atoms with Gasteiger partial charge in [0.2, 0.25) is 15.8 Å². The lowest BCUT2D eigenvalue weighted by molar-refractivity contribution is -0.390. The van der Waals surface area contributed by atoms with Crippen molar-refractivity contribution in [2.45, 2.75) is 11.3 Å². The number of hydrogen-bond donors (Lipinski definition) is 1. The second kappa shape index (κ2) is 6.83. The third kappa shape index (κ3) is 4.15. The summed E-state index contributed by atoms with van der Waals surface area (Å²) in [5, 5.41) is 10.7. The van der Waals surface area contributed by atoms with Gasteiger partial charge < -0.3 is 0 Å². The minimum Gasteiger partial charge on any atom is -0.258 e. The highest BCUT2D eigenvalue weighted by molar-refractivity contribution is 7.98. The summed E-state index contributed by atoms with van der Waals surface area (Å²) >= 11 is 1.56. The van der Waals surface area contributed by atoms with Gasteiger partial charge >= 0.3 is 5.69 Å². The molecule has 0 fully saturated rings. The van der Waals surface area contributed by atoms with Gasteiger partial charge in [0.25, 0.3) is 0 Å². The van der Waals surface area contributed by atoms with Crippen molar-refractivity contribution in [2.24, 2.45) is 0 Å². The highest BCUT2D eigenvalue weighted by atomic mass is 32.2. The van der Waals surface area contributed by atoms with Crippen LogP contribution in [0.4, 0.5) is 10.1 Å². The molecular formula is C10H13FN2O4S2. The van der Waals surface area contributed by atoms with Gasteiger partial charge in [-0.2, -0.15) is 16.2 Å². The zero-order valence-electron chi connectivity index (χ0n) is 10.1. The van der Waals surface area contributed by atoms with Gasteiger partial charge in [-0.15, -0.1) is 0 Å². The van der Waals surface area contributed by atoms with Gasteiger partial charge in [0.1, 0.15) is 0 Å². The fourth-order valence-corrected chi connectivity index (χ4v) is 3.08. The molecule has 9 heteroatoms. The molecule has 0 saturated carbocycles. The van der Waals surface area contributed by atoms with Crippen LogP contribution in [0.1, 0.15) is 6.42 Å². The first kappa shape index (κ1) is 15.9. The van der Waals surface area contributed by atoms with E-state index < -0.39 is 31.3 Å². The quantitative estimate of drug-likeness (QED) is 0.471. The van der Waals surface area contributed by atoms with Crippen molar-refractivity contribution in [3.05, 3.63) is 34.1 Å². The summed E-state index contributed by atoms with van der Waals surface area (Å²) in [6.45, 7) is 0.150. The molecule has 0 heterocycles. The first-order chi connectivity index (χ1) is 8.90. The Bertz CT molecular complexity index is 563. The number of halogens is 1. The normalized spacial score (nSPS) is 11.5. The molecule has 0 unspecified atom stereocenters. The molecule has 0 radical (unpaired) electrons. The smallest absolute Gasteiger partial charge is 0.258 e. The zero-order valence-corrected chi connectivity index (χ0v) is 11.8. The van der Waals surface area contributed by atoms with Gasteiger partial charge in [0, 0.05) is 6.54 Å². The summed E-state index contributed by atoms with van der Waals surface area (Å²) in [6, 6.07) is 2.99. The summed E-state index contributed by atoms with van der Waals surface area (Å²) in [6.07, 6.45) is 2.47. The average molecular weight is 308 g/mol. The largest absolute Gasteiger partial charge is 0.324 e. The summed E-state index contributed by atoms with van der Waals surface area (Å²) in [5.74, 6) is -0.412. The van der Waals surface area contributed by atoms with Gasteiger partial charge in [-0.3, -0.25) is 10.1 Å². The molecule has 106 valence electrons. The number of thioether (sulfide) groups is 1. The summed E-state index contributed by atoms with van der Waals surface area (Å²) < 4.78 is 39.3. The standard InChI is InChI=1S/C10H13FN2O4S2/c1-18-7-3-6-12-19(16,17)9-5-2-4-8(11)10(9)13(14)15/h2,4-5,12H,3,6-7H2,1H3. The lowest BCUT2D eigenvalue weighted by atomic mass is 10.3. The van der Waals surface area contributed by atoms with Crippen molar-refractivity contribution in [3.8, 4) is 0 Å². The Hall–Kier alpha value is -1.19. The van der Waals surface area contributed by atoms with Gasteiger partial charge in [-0.05, 0) is 30.6 Å². The third-order valence-corrected chi connectivity index (χ3v) is 4.43. The summed E-state index contributed by atoms with van der Waals surface area (Å²) in [7, 11) is -4.08. The topological polar surface area (TPSA) is 89.3 Å². The molecule has 0 amide bonds. The number of nitrogens with zero attached hydrogens (tertiary/aromatic N) is 1. The van der Waals surface area contributed by atoms with Crippen molar-refractivity contribution >= 4 is 27.5 Å². The second-order valence-corrected chi connectivity index (χ2v) is 6.31. The second-order valence-electron chi connectivity index (χ2n) is 3.59. The molecule has 0 aliphatic rings. The monoisotopic (exact) mass is 308 g/mol. The van der Waals surface area contributed by atoms with Crippen LogP contribution in [0.15, 0.2) is 23.1 Å². The number of benzene rings is 1. The molecule has 1 aromatic rings. The predicted molar refractivity (Wildman–Crippen MR) is 71.2 cm³/mol. The van der Waals surface area contributed by atoms with E-state index >= 15 is 0 Å². The first-order valence-electron chi connectivity index (χ1n) is 5.31. The highest BCUT2D eigenvalue weighted by Crippen LogP contribution is 2.26. The third-order valence-electron chi connectivity index (χ3n) is 2.24. The number of nitro groups is 1. The molecule has 6 nitrogen and oxygen atoms in total. The van der Waals surface area contributed by atoms with E-state index in [4.69, 9.17) is 0 Å². The van der Waals surface area contributed by atoms with Crippen molar-refractivity contribution in [1.82, 2.24) is 4.72 Å². The Morgan fingerprint density at radius 1 is 1.47 bits per heavy atom. The van der Waals surface area contributed by atoms with E-state index in [9.17, 15) is 22.9 Å². The Kier molecular flexibility index (Phi) is 5.70. The first-order valence-corrected chi connectivity index (χ1v) is 8.19. The zero-order chi connectivity index (χ0) is 14.5. The van der Waals surface area contributed by atoms with Crippen LogP contribution >= 0.6 is 11.8 Å². The fourth-order valence-electron chi connectivity index (χ4n) is 1.39. The molecule has 1 rings (SSSR count). The van der Waals surface area contributed by atoms with Crippen LogP contribution in [0, 0.1) is 15.9 Å². The van der Waals surface area contributed by atoms with Gasteiger partial charge in [0.15, 0.2) is 4.90 Å². The number of rotatable bonds is 7. The Labute approximate surface area is 114 Å². The molecular weight excluding hydrogens is 295 g/mol. The molecule has 1 N–H and O–H groups in total. The molecule has 0 atom stereocenters. The number of nitro benzene ring substituents is 1. The Morgan fingerprint density at radius 3 is 2.74 bits per heavy atom. The molecule has 0 aliphatic carbocycles. The highest BCUT2D eigenvalue weighted by Gasteiger charge is 2.28. The minimum atomic E-state index is -4.08. The molecule has 0 saturated heterocycles. The van der Waals surface area contributed by atoms with Crippen LogP contribution in [-0.2, 0) is 10.0 Å². The van der Waals surface area contributed by atoms with Crippen LogP contribution in [0.3, 0.4) is 0 Å². The average Bonchev–Trinajstić information content (AvgIpc) is 2.34. The molecule has 19 heavy (non-hydrogen) atoms. The summed E-state index contributed by atoms with van der Waals surface area (Å²) in [5.41, 5.74) is -1.03. The van der Waals surface area contributed by atoms with Crippen LogP contribution in [0.25, 0.3) is 0 Å². The maximum Gasteiger partial charge on any atom is 0.324 e. The van der Waals surface area contributed by atoms with Crippen LogP contribution < -0.4 is 4.72 Å². The van der Waals surface area contributed by atoms with Crippen LogP contribution in [0.5, 0.6) is 0 Å². The van der Waals surface area contributed by atoms with E-state index in [-0.39, 0.29) is 6.54 Å². The van der Waals surface area contributed by atoms with Gasteiger partial charge in [0.05, 0.1) is 4.92 Å². The van der Waals surface area contributed by atoms with Crippen molar-refractivity contribution in [1.29, 1.82) is 0 Å². The van der Waals surface area contributed by atoms with E-state index in [0.717, 1.165) is 24.0 Å². The van der Waals surface area contributed by atoms with Crippen LogP contribution in [0.2, 0.25) is 0 Å². The van der Waals surface area contributed by atoms with E-state index in [0.29, 0.717) is 6.42 Å². The summed E-state index contributed by atoms with van der Waals surface area (Å²) in [4.78, 5) is 9.05. The number of para-hydroxylation sites is 1.